The predicted molar refractivity (Wildman–Crippen MR) is 154 cm³/mol. The Hall–Kier alpha value is -4.43. The van der Waals surface area contributed by atoms with Gasteiger partial charge in [0.15, 0.2) is 5.84 Å². The van der Waals surface area contributed by atoms with E-state index in [-0.39, 0.29) is 18.0 Å². The fraction of sp³-hybridized carbons (Fsp3) is 0.133. The Morgan fingerprint density at radius 1 is 0.974 bits per heavy atom. The molecular formula is C30H25N5O2S. The van der Waals surface area contributed by atoms with E-state index >= 15 is 0 Å². The molecule has 0 unspecified atom stereocenters. The van der Waals surface area contributed by atoms with E-state index in [2.05, 4.69) is 39.8 Å². The van der Waals surface area contributed by atoms with E-state index in [0.29, 0.717) is 16.8 Å². The number of nitrogens with one attached hydrogen (secondary N) is 1. The second kappa shape index (κ2) is 9.79. The van der Waals surface area contributed by atoms with Crippen molar-refractivity contribution >= 4 is 50.7 Å². The Kier molecular flexibility index (Phi) is 6.17. The lowest BCUT2D eigenvalue weighted by Crippen LogP contribution is -2.35. The standard InChI is InChI=1S/C30H25N5O2S/c1-19-9-3-5-11-21(19)16-34-17-22(23-12-6-7-13-25(23)34)15-24-28(31)35-30(32-29(24)36)38-27(33-35)18-37-26-14-8-4-10-20(26)2/h3-15,17,31H,16,18H2,1-2H3. The van der Waals surface area contributed by atoms with Crippen molar-refractivity contribution in [3.05, 3.63) is 107 Å². The van der Waals surface area contributed by atoms with Crippen LogP contribution in [-0.4, -0.2) is 38.1 Å². The maximum atomic E-state index is 13.0. The average Bonchev–Trinajstić information content (AvgIpc) is 3.49. The highest BCUT2D eigenvalue weighted by Crippen LogP contribution is 2.31. The van der Waals surface area contributed by atoms with Gasteiger partial charge in [-0.05, 0) is 60.5 Å². The number of rotatable bonds is 6. The van der Waals surface area contributed by atoms with Gasteiger partial charge in [0, 0.05) is 29.2 Å². The SMILES string of the molecule is Cc1ccccc1Cn1cc(C=C2C(=N)N3N=C(COc4ccccc4C)SC3=NC2=O)c2ccccc21. The van der Waals surface area contributed by atoms with Gasteiger partial charge >= 0.3 is 0 Å². The Labute approximate surface area is 224 Å². The summed E-state index contributed by atoms with van der Waals surface area (Å²) in [6.07, 6.45) is 3.79. The number of carbonyl (C=O) groups excluding carboxylic acids is 1. The quantitative estimate of drug-likeness (QED) is 0.317. The van der Waals surface area contributed by atoms with E-state index in [4.69, 9.17) is 10.1 Å². The molecule has 3 heterocycles. The highest BCUT2D eigenvalue weighted by atomic mass is 32.2. The number of amides is 1. The molecular weight excluding hydrogens is 494 g/mol. The van der Waals surface area contributed by atoms with Gasteiger partial charge in [-0.2, -0.15) is 15.1 Å². The summed E-state index contributed by atoms with van der Waals surface area (Å²) >= 11 is 1.25. The predicted octanol–water partition coefficient (Wildman–Crippen LogP) is 6.00. The molecule has 0 saturated carbocycles. The maximum Gasteiger partial charge on any atom is 0.283 e. The number of amidine groups is 2. The smallest absolute Gasteiger partial charge is 0.283 e. The van der Waals surface area contributed by atoms with Crippen LogP contribution in [0.15, 0.2) is 94.7 Å². The van der Waals surface area contributed by atoms with Gasteiger partial charge < -0.3 is 9.30 Å². The van der Waals surface area contributed by atoms with E-state index in [9.17, 15) is 4.79 Å². The molecule has 0 saturated heterocycles. The minimum absolute atomic E-state index is 0.00845. The van der Waals surface area contributed by atoms with Crippen LogP contribution in [0.25, 0.3) is 17.0 Å². The molecule has 1 N–H and O–H groups in total. The van der Waals surface area contributed by atoms with Crippen LogP contribution in [0.4, 0.5) is 0 Å². The highest BCUT2D eigenvalue weighted by Gasteiger charge is 2.36. The minimum Gasteiger partial charge on any atom is -0.486 e. The molecule has 8 heteroatoms. The second-order valence-electron chi connectivity index (χ2n) is 9.22. The Bertz CT molecular complexity index is 1700. The first kappa shape index (κ1) is 23.9. The fourth-order valence-corrected chi connectivity index (χ4v) is 5.39. The van der Waals surface area contributed by atoms with Crippen LogP contribution in [-0.2, 0) is 11.3 Å². The molecule has 1 amide bonds. The van der Waals surface area contributed by atoms with Gasteiger partial charge in [-0.1, -0.05) is 60.7 Å². The molecule has 0 bridgehead atoms. The van der Waals surface area contributed by atoms with E-state index in [0.717, 1.165) is 27.8 Å². The molecule has 38 heavy (non-hydrogen) atoms. The first-order valence-corrected chi connectivity index (χ1v) is 13.1. The molecule has 0 atom stereocenters. The van der Waals surface area contributed by atoms with Crippen LogP contribution in [0.5, 0.6) is 5.75 Å². The van der Waals surface area contributed by atoms with Crippen molar-refractivity contribution in [3.8, 4) is 5.75 Å². The van der Waals surface area contributed by atoms with Crippen molar-refractivity contribution in [3.63, 3.8) is 0 Å². The topological polar surface area (TPSA) is 83.0 Å². The number of aliphatic imine (C=N–C) groups is 1. The molecule has 4 aromatic rings. The lowest BCUT2D eigenvalue weighted by atomic mass is 10.1. The molecule has 7 nitrogen and oxygen atoms in total. The summed E-state index contributed by atoms with van der Waals surface area (Å²) < 4.78 is 8.09. The van der Waals surface area contributed by atoms with Crippen molar-refractivity contribution < 1.29 is 9.53 Å². The Balaban J connectivity index is 1.29. The largest absolute Gasteiger partial charge is 0.486 e. The lowest BCUT2D eigenvalue weighted by molar-refractivity contribution is -0.114. The third-order valence-electron chi connectivity index (χ3n) is 6.66. The van der Waals surface area contributed by atoms with Crippen LogP contribution in [0.2, 0.25) is 0 Å². The molecule has 3 aromatic carbocycles. The van der Waals surface area contributed by atoms with Gasteiger partial charge in [-0.15, -0.1) is 0 Å². The molecule has 2 aliphatic heterocycles. The van der Waals surface area contributed by atoms with E-state index < -0.39 is 5.91 Å². The normalized spacial score (nSPS) is 16.2. The molecule has 188 valence electrons. The zero-order chi connectivity index (χ0) is 26.2. The molecule has 0 aliphatic carbocycles. The number of fused-ring (bicyclic) bond motifs is 2. The summed E-state index contributed by atoms with van der Waals surface area (Å²) in [6.45, 7) is 5.03. The minimum atomic E-state index is -0.444. The van der Waals surface area contributed by atoms with Gasteiger partial charge in [-0.3, -0.25) is 10.2 Å². The van der Waals surface area contributed by atoms with Gasteiger partial charge in [-0.25, -0.2) is 0 Å². The summed E-state index contributed by atoms with van der Waals surface area (Å²) in [4.78, 5) is 17.3. The summed E-state index contributed by atoms with van der Waals surface area (Å²) in [5.41, 5.74) is 5.61. The van der Waals surface area contributed by atoms with Crippen molar-refractivity contribution in [1.29, 1.82) is 5.41 Å². The maximum absolute atomic E-state index is 13.0. The molecule has 6 rings (SSSR count). The number of hydrazone groups is 1. The summed E-state index contributed by atoms with van der Waals surface area (Å²) in [7, 11) is 0. The van der Waals surface area contributed by atoms with Gasteiger partial charge in [0.25, 0.3) is 5.91 Å². The number of aryl methyl sites for hydroxylation is 2. The second-order valence-corrected chi connectivity index (χ2v) is 10.3. The van der Waals surface area contributed by atoms with Crippen LogP contribution in [0.3, 0.4) is 0 Å². The first-order chi connectivity index (χ1) is 18.5. The summed E-state index contributed by atoms with van der Waals surface area (Å²) in [5.74, 6) is 0.339. The van der Waals surface area contributed by atoms with Gasteiger partial charge in [0.05, 0.1) is 5.57 Å². The molecule has 0 radical (unpaired) electrons. The highest BCUT2D eigenvalue weighted by molar-refractivity contribution is 8.27. The van der Waals surface area contributed by atoms with Crippen LogP contribution >= 0.6 is 11.8 Å². The monoisotopic (exact) mass is 519 g/mol. The number of hydrogen-bond acceptors (Lipinski definition) is 5. The third-order valence-corrected chi connectivity index (χ3v) is 7.54. The first-order valence-electron chi connectivity index (χ1n) is 12.3. The summed E-state index contributed by atoms with van der Waals surface area (Å²) in [5, 5.41) is 16.8. The zero-order valence-electron chi connectivity index (χ0n) is 21.0. The van der Waals surface area contributed by atoms with E-state index in [1.165, 1.54) is 27.9 Å². The number of carbonyl (C=O) groups is 1. The number of ether oxygens (including phenoxy) is 1. The van der Waals surface area contributed by atoms with E-state index in [1.807, 2.05) is 67.7 Å². The van der Waals surface area contributed by atoms with E-state index in [1.54, 1.807) is 6.08 Å². The van der Waals surface area contributed by atoms with Crippen molar-refractivity contribution in [2.45, 2.75) is 20.4 Å². The molecule has 0 fully saturated rings. The average molecular weight is 520 g/mol. The molecule has 2 aliphatic rings. The zero-order valence-corrected chi connectivity index (χ0v) is 21.8. The Morgan fingerprint density at radius 3 is 2.53 bits per heavy atom. The number of aromatic nitrogens is 1. The molecule has 0 spiro atoms. The molecule has 1 aromatic heterocycles. The number of thioether (sulfide) groups is 1. The summed E-state index contributed by atoms with van der Waals surface area (Å²) in [6, 6.07) is 24.2. The van der Waals surface area contributed by atoms with Crippen molar-refractivity contribution in [1.82, 2.24) is 9.58 Å². The number of nitrogens with zero attached hydrogens (tertiary/aromatic N) is 4. The number of benzene rings is 3. The van der Waals surface area contributed by atoms with Crippen LogP contribution in [0, 0.1) is 19.3 Å². The van der Waals surface area contributed by atoms with Gasteiger partial charge in [0.1, 0.15) is 17.4 Å². The number of para-hydroxylation sites is 2. The number of hydrogen-bond donors (Lipinski definition) is 1. The van der Waals surface area contributed by atoms with Gasteiger partial charge in [0.2, 0.25) is 5.17 Å². The fourth-order valence-electron chi connectivity index (χ4n) is 4.60. The van der Waals surface area contributed by atoms with Crippen LogP contribution < -0.4 is 4.74 Å². The Morgan fingerprint density at radius 2 is 1.71 bits per heavy atom. The van der Waals surface area contributed by atoms with Crippen LogP contribution in [0.1, 0.15) is 22.3 Å². The third kappa shape index (κ3) is 4.43. The lowest BCUT2D eigenvalue weighted by Gasteiger charge is -2.20. The van der Waals surface area contributed by atoms with Crippen molar-refractivity contribution in [2.75, 3.05) is 6.61 Å². The van der Waals surface area contributed by atoms with Crippen molar-refractivity contribution in [2.24, 2.45) is 10.1 Å².